The standard InChI is InChI=1S/C18H30N4O/c1-5-7-12-20-18(19-4)21-13-15-8-10-16(11-9-15)17(23)22-14(3)6-2/h8-11,14H,5-7,12-13H2,1-4H3,(H,22,23)(H2,19,20,21). The van der Waals surface area contributed by atoms with E-state index in [1.54, 1.807) is 7.05 Å². The van der Waals surface area contributed by atoms with Gasteiger partial charge in [-0.15, -0.1) is 0 Å². The molecule has 1 rings (SSSR count). The van der Waals surface area contributed by atoms with Crippen LogP contribution in [-0.2, 0) is 6.54 Å². The molecule has 23 heavy (non-hydrogen) atoms. The first-order valence-electron chi connectivity index (χ1n) is 8.45. The number of rotatable bonds is 8. The zero-order chi connectivity index (χ0) is 17.1. The van der Waals surface area contributed by atoms with Gasteiger partial charge in [-0.2, -0.15) is 0 Å². The van der Waals surface area contributed by atoms with Crippen LogP contribution < -0.4 is 16.0 Å². The Morgan fingerprint density at radius 1 is 1.17 bits per heavy atom. The number of benzene rings is 1. The monoisotopic (exact) mass is 318 g/mol. The maximum atomic E-state index is 12.0. The highest BCUT2D eigenvalue weighted by Gasteiger charge is 2.08. The minimum atomic E-state index is -0.0177. The maximum Gasteiger partial charge on any atom is 0.251 e. The fourth-order valence-corrected chi connectivity index (χ4v) is 1.97. The van der Waals surface area contributed by atoms with E-state index in [4.69, 9.17) is 0 Å². The Hall–Kier alpha value is -2.04. The predicted octanol–water partition coefficient (Wildman–Crippen LogP) is 2.68. The number of carbonyl (C=O) groups excluding carboxylic acids is 1. The third-order valence-corrected chi connectivity index (χ3v) is 3.71. The molecule has 5 nitrogen and oxygen atoms in total. The lowest BCUT2D eigenvalue weighted by molar-refractivity contribution is 0.0939. The van der Waals surface area contributed by atoms with Crippen LogP contribution >= 0.6 is 0 Å². The molecule has 1 aromatic carbocycles. The van der Waals surface area contributed by atoms with Gasteiger partial charge < -0.3 is 16.0 Å². The fraction of sp³-hybridized carbons (Fsp3) is 0.556. The molecule has 128 valence electrons. The average molecular weight is 318 g/mol. The molecule has 0 saturated carbocycles. The maximum absolute atomic E-state index is 12.0. The van der Waals surface area contributed by atoms with Crippen molar-refractivity contribution < 1.29 is 4.79 Å². The molecule has 0 aromatic heterocycles. The second-order valence-electron chi connectivity index (χ2n) is 5.69. The molecular weight excluding hydrogens is 288 g/mol. The summed E-state index contributed by atoms with van der Waals surface area (Å²) >= 11 is 0. The van der Waals surface area contributed by atoms with Gasteiger partial charge in [0.1, 0.15) is 0 Å². The SMILES string of the molecule is CCCCNC(=NC)NCc1ccc(C(=O)NC(C)CC)cc1. The van der Waals surface area contributed by atoms with Crippen LogP contribution in [0.1, 0.15) is 56.0 Å². The van der Waals surface area contributed by atoms with Crippen molar-refractivity contribution in [1.29, 1.82) is 0 Å². The van der Waals surface area contributed by atoms with E-state index >= 15 is 0 Å². The Morgan fingerprint density at radius 2 is 1.87 bits per heavy atom. The van der Waals surface area contributed by atoms with Crippen molar-refractivity contribution in [2.75, 3.05) is 13.6 Å². The van der Waals surface area contributed by atoms with E-state index in [0.29, 0.717) is 12.1 Å². The van der Waals surface area contributed by atoms with Crippen molar-refractivity contribution in [3.8, 4) is 0 Å². The molecule has 0 saturated heterocycles. The van der Waals surface area contributed by atoms with Gasteiger partial charge in [-0.25, -0.2) is 0 Å². The summed E-state index contributed by atoms with van der Waals surface area (Å²) in [5.41, 5.74) is 1.81. The Kier molecular flexibility index (Phi) is 8.80. The number of nitrogens with zero attached hydrogens (tertiary/aromatic N) is 1. The normalized spacial score (nSPS) is 12.6. The van der Waals surface area contributed by atoms with E-state index in [-0.39, 0.29) is 11.9 Å². The molecule has 0 heterocycles. The minimum absolute atomic E-state index is 0.0177. The van der Waals surface area contributed by atoms with Crippen LogP contribution in [0.25, 0.3) is 0 Å². The van der Waals surface area contributed by atoms with Crippen LogP contribution in [0.4, 0.5) is 0 Å². The summed E-state index contributed by atoms with van der Waals surface area (Å²) in [5.74, 6) is 0.785. The summed E-state index contributed by atoms with van der Waals surface area (Å²) in [6, 6.07) is 7.86. The van der Waals surface area contributed by atoms with Crippen LogP contribution in [0.2, 0.25) is 0 Å². The molecule has 0 radical (unpaired) electrons. The number of carbonyl (C=O) groups is 1. The first-order valence-corrected chi connectivity index (χ1v) is 8.45. The van der Waals surface area contributed by atoms with Crippen molar-refractivity contribution in [3.63, 3.8) is 0 Å². The molecule has 0 fully saturated rings. The highest BCUT2D eigenvalue weighted by Crippen LogP contribution is 2.05. The van der Waals surface area contributed by atoms with Crippen LogP contribution in [0.3, 0.4) is 0 Å². The van der Waals surface area contributed by atoms with E-state index in [1.165, 1.54) is 0 Å². The van der Waals surface area contributed by atoms with Gasteiger partial charge >= 0.3 is 0 Å². The molecule has 1 aromatic rings. The van der Waals surface area contributed by atoms with E-state index in [9.17, 15) is 4.79 Å². The van der Waals surface area contributed by atoms with Gasteiger partial charge in [0.25, 0.3) is 5.91 Å². The number of hydrogen-bond donors (Lipinski definition) is 3. The van der Waals surface area contributed by atoms with Gasteiger partial charge in [0, 0.05) is 31.7 Å². The zero-order valence-electron chi connectivity index (χ0n) is 14.8. The molecule has 1 atom stereocenters. The fourth-order valence-electron chi connectivity index (χ4n) is 1.97. The van der Waals surface area contributed by atoms with Gasteiger partial charge in [0.15, 0.2) is 5.96 Å². The summed E-state index contributed by atoms with van der Waals surface area (Å²) in [6.45, 7) is 7.83. The summed E-state index contributed by atoms with van der Waals surface area (Å²) in [6.07, 6.45) is 3.21. The van der Waals surface area contributed by atoms with Crippen molar-refractivity contribution in [2.24, 2.45) is 4.99 Å². The summed E-state index contributed by atoms with van der Waals surface area (Å²) in [7, 11) is 1.77. The third-order valence-electron chi connectivity index (χ3n) is 3.71. The van der Waals surface area contributed by atoms with Crippen LogP contribution in [0.15, 0.2) is 29.3 Å². The molecule has 0 spiro atoms. The van der Waals surface area contributed by atoms with E-state index in [0.717, 1.165) is 37.3 Å². The third kappa shape index (κ3) is 7.17. The Labute approximate surface area is 140 Å². The summed E-state index contributed by atoms with van der Waals surface area (Å²) in [4.78, 5) is 16.2. The van der Waals surface area contributed by atoms with Crippen LogP contribution in [-0.4, -0.2) is 31.5 Å². The Morgan fingerprint density at radius 3 is 2.43 bits per heavy atom. The minimum Gasteiger partial charge on any atom is -0.356 e. The number of guanidine groups is 1. The number of hydrogen-bond acceptors (Lipinski definition) is 2. The van der Waals surface area contributed by atoms with Gasteiger partial charge in [0.05, 0.1) is 0 Å². The van der Waals surface area contributed by atoms with Crippen LogP contribution in [0.5, 0.6) is 0 Å². The summed E-state index contributed by atoms with van der Waals surface area (Å²) < 4.78 is 0. The van der Waals surface area contributed by atoms with Crippen molar-refractivity contribution in [1.82, 2.24) is 16.0 Å². The molecular formula is C18H30N4O. The second-order valence-corrected chi connectivity index (χ2v) is 5.69. The van der Waals surface area contributed by atoms with Crippen molar-refractivity contribution in [2.45, 2.75) is 52.6 Å². The molecule has 1 unspecified atom stereocenters. The second kappa shape index (κ2) is 10.6. The molecule has 3 N–H and O–H groups in total. The van der Waals surface area contributed by atoms with Gasteiger partial charge in [0.2, 0.25) is 0 Å². The highest BCUT2D eigenvalue weighted by molar-refractivity contribution is 5.94. The molecule has 0 aliphatic heterocycles. The predicted molar refractivity (Wildman–Crippen MR) is 96.8 cm³/mol. The number of nitrogens with one attached hydrogen (secondary N) is 3. The van der Waals surface area contributed by atoms with Crippen molar-refractivity contribution in [3.05, 3.63) is 35.4 Å². The summed E-state index contributed by atoms with van der Waals surface area (Å²) in [5, 5.41) is 9.52. The van der Waals surface area contributed by atoms with Gasteiger partial charge in [-0.05, 0) is 37.5 Å². The quantitative estimate of drug-likeness (QED) is 0.392. The smallest absolute Gasteiger partial charge is 0.251 e. The molecule has 5 heteroatoms. The van der Waals surface area contributed by atoms with E-state index in [1.807, 2.05) is 31.2 Å². The van der Waals surface area contributed by atoms with Gasteiger partial charge in [-0.1, -0.05) is 32.4 Å². The number of aliphatic imine (C=N–C) groups is 1. The van der Waals surface area contributed by atoms with E-state index < -0.39 is 0 Å². The lowest BCUT2D eigenvalue weighted by atomic mass is 10.1. The van der Waals surface area contributed by atoms with Crippen molar-refractivity contribution >= 4 is 11.9 Å². The first-order chi connectivity index (χ1) is 11.1. The van der Waals surface area contributed by atoms with Crippen LogP contribution in [0, 0.1) is 0 Å². The highest BCUT2D eigenvalue weighted by atomic mass is 16.1. The Balaban J connectivity index is 2.48. The largest absolute Gasteiger partial charge is 0.356 e. The molecule has 0 aliphatic carbocycles. The molecule has 0 aliphatic rings. The van der Waals surface area contributed by atoms with Gasteiger partial charge in [-0.3, -0.25) is 9.79 Å². The topological polar surface area (TPSA) is 65.5 Å². The number of unbranched alkanes of at least 4 members (excludes halogenated alkanes) is 1. The van der Waals surface area contributed by atoms with E-state index in [2.05, 4.69) is 34.8 Å². The lowest BCUT2D eigenvalue weighted by Crippen LogP contribution is -2.37. The lowest BCUT2D eigenvalue weighted by Gasteiger charge is -2.13. The molecule has 0 bridgehead atoms. The molecule has 1 amide bonds. The number of amides is 1. The average Bonchev–Trinajstić information content (AvgIpc) is 2.58. The first kappa shape index (κ1) is 19.0. The zero-order valence-corrected chi connectivity index (χ0v) is 14.8. The Bertz CT molecular complexity index is 496.